The first kappa shape index (κ1) is 11.5. The Labute approximate surface area is 86.4 Å². The van der Waals surface area contributed by atoms with Gasteiger partial charge in [0, 0.05) is 12.6 Å². The first-order valence-electron chi connectivity index (χ1n) is 5.49. The number of rotatable bonds is 6. The fraction of sp³-hybridized carbons (Fsp3) is 0.909. The first-order chi connectivity index (χ1) is 6.72. The SMILES string of the molecule is CC(C)NC(C#N)CCOC1CCC1. The van der Waals surface area contributed by atoms with Crippen LogP contribution in [-0.2, 0) is 4.74 Å². The zero-order chi connectivity index (χ0) is 10.4. The second-order valence-electron chi connectivity index (χ2n) is 4.22. The van der Waals surface area contributed by atoms with Crippen molar-refractivity contribution in [2.24, 2.45) is 0 Å². The van der Waals surface area contributed by atoms with Gasteiger partial charge in [-0.3, -0.25) is 5.32 Å². The topological polar surface area (TPSA) is 45.0 Å². The van der Waals surface area contributed by atoms with Crippen molar-refractivity contribution in [1.29, 1.82) is 5.26 Å². The van der Waals surface area contributed by atoms with Gasteiger partial charge < -0.3 is 4.74 Å². The van der Waals surface area contributed by atoms with Crippen LogP contribution in [0.1, 0.15) is 39.5 Å². The summed E-state index contributed by atoms with van der Waals surface area (Å²) < 4.78 is 5.60. The molecule has 0 saturated heterocycles. The predicted octanol–water partition coefficient (Wildman–Crippen LogP) is 1.84. The Morgan fingerprint density at radius 1 is 1.50 bits per heavy atom. The van der Waals surface area contributed by atoms with Gasteiger partial charge in [0.05, 0.1) is 18.2 Å². The zero-order valence-corrected chi connectivity index (χ0v) is 9.12. The van der Waals surface area contributed by atoms with Crippen molar-refractivity contribution in [3.05, 3.63) is 0 Å². The Morgan fingerprint density at radius 2 is 2.21 bits per heavy atom. The lowest BCUT2D eigenvalue weighted by Crippen LogP contribution is -2.35. The molecule has 1 unspecified atom stereocenters. The molecule has 1 rings (SSSR count). The number of hydrogen-bond donors (Lipinski definition) is 1. The quantitative estimate of drug-likeness (QED) is 0.705. The second kappa shape index (κ2) is 6.00. The maximum absolute atomic E-state index is 8.84. The highest BCUT2D eigenvalue weighted by atomic mass is 16.5. The van der Waals surface area contributed by atoms with E-state index in [0.29, 0.717) is 18.8 Å². The Morgan fingerprint density at radius 3 is 2.64 bits per heavy atom. The molecular formula is C11H20N2O. The van der Waals surface area contributed by atoms with Crippen LogP contribution in [0, 0.1) is 11.3 Å². The minimum absolute atomic E-state index is 0.0601. The predicted molar refractivity (Wildman–Crippen MR) is 55.9 cm³/mol. The normalized spacial score (nSPS) is 19.0. The van der Waals surface area contributed by atoms with Crippen molar-refractivity contribution in [2.45, 2.75) is 57.7 Å². The summed E-state index contributed by atoms with van der Waals surface area (Å²) in [6.45, 7) is 4.82. The molecule has 0 radical (unpaired) electrons. The minimum Gasteiger partial charge on any atom is -0.378 e. The molecule has 3 nitrogen and oxygen atoms in total. The third-order valence-corrected chi connectivity index (χ3v) is 2.50. The molecule has 0 aromatic rings. The summed E-state index contributed by atoms with van der Waals surface area (Å²) in [6, 6.07) is 2.56. The molecule has 1 N–H and O–H groups in total. The summed E-state index contributed by atoms with van der Waals surface area (Å²) in [7, 11) is 0. The lowest BCUT2D eigenvalue weighted by molar-refractivity contribution is -0.000325. The molecule has 0 aromatic heterocycles. The summed E-state index contributed by atoms with van der Waals surface area (Å²) >= 11 is 0. The van der Waals surface area contributed by atoms with E-state index in [-0.39, 0.29) is 6.04 Å². The fourth-order valence-electron chi connectivity index (χ4n) is 1.48. The van der Waals surface area contributed by atoms with Gasteiger partial charge in [0.15, 0.2) is 0 Å². The van der Waals surface area contributed by atoms with E-state index in [1.807, 2.05) is 0 Å². The maximum atomic E-state index is 8.84. The molecule has 80 valence electrons. The molecule has 1 atom stereocenters. The molecular weight excluding hydrogens is 176 g/mol. The van der Waals surface area contributed by atoms with Crippen molar-refractivity contribution in [2.75, 3.05) is 6.61 Å². The van der Waals surface area contributed by atoms with E-state index in [0.717, 1.165) is 6.42 Å². The lowest BCUT2D eigenvalue weighted by Gasteiger charge is -2.26. The van der Waals surface area contributed by atoms with Crippen LogP contribution in [0.25, 0.3) is 0 Å². The summed E-state index contributed by atoms with van der Waals surface area (Å²) in [5, 5.41) is 12.0. The largest absolute Gasteiger partial charge is 0.378 e. The van der Waals surface area contributed by atoms with Crippen molar-refractivity contribution in [1.82, 2.24) is 5.32 Å². The molecule has 0 spiro atoms. The Kier molecular flexibility index (Phi) is 4.92. The summed E-state index contributed by atoms with van der Waals surface area (Å²) in [5.74, 6) is 0. The van der Waals surface area contributed by atoms with Crippen LogP contribution in [0.4, 0.5) is 0 Å². The number of hydrogen-bond acceptors (Lipinski definition) is 3. The van der Waals surface area contributed by atoms with Crippen LogP contribution in [0.5, 0.6) is 0 Å². The molecule has 0 heterocycles. The van der Waals surface area contributed by atoms with Crippen LogP contribution in [-0.4, -0.2) is 24.8 Å². The molecule has 0 bridgehead atoms. The number of nitrogens with one attached hydrogen (secondary N) is 1. The second-order valence-corrected chi connectivity index (χ2v) is 4.22. The van der Waals surface area contributed by atoms with Gasteiger partial charge in [-0.1, -0.05) is 0 Å². The van der Waals surface area contributed by atoms with Crippen LogP contribution in [0.2, 0.25) is 0 Å². The van der Waals surface area contributed by atoms with Crippen molar-refractivity contribution in [3.8, 4) is 6.07 Å². The van der Waals surface area contributed by atoms with E-state index < -0.39 is 0 Å². The fourth-order valence-corrected chi connectivity index (χ4v) is 1.48. The summed E-state index contributed by atoms with van der Waals surface area (Å²) in [4.78, 5) is 0. The average molecular weight is 196 g/mol. The highest BCUT2D eigenvalue weighted by Crippen LogP contribution is 2.21. The van der Waals surface area contributed by atoms with Gasteiger partial charge in [0.25, 0.3) is 0 Å². The van der Waals surface area contributed by atoms with E-state index in [1.54, 1.807) is 0 Å². The maximum Gasteiger partial charge on any atom is 0.0976 e. The average Bonchev–Trinajstić information content (AvgIpc) is 2.06. The minimum atomic E-state index is -0.0601. The Balaban J connectivity index is 2.04. The summed E-state index contributed by atoms with van der Waals surface area (Å²) in [6.07, 6.45) is 4.99. The van der Waals surface area contributed by atoms with Crippen LogP contribution < -0.4 is 5.32 Å². The molecule has 0 amide bonds. The number of ether oxygens (including phenoxy) is 1. The van der Waals surface area contributed by atoms with Crippen LogP contribution >= 0.6 is 0 Å². The molecule has 0 aliphatic heterocycles. The smallest absolute Gasteiger partial charge is 0.0976 e. The molecule has 1 fully saturated rings. The highest BCUT2D eigenvalue weighted by Gasteiger charge is 2.18. The Bertz CT molecular complexity index is 194. The van der Waals surface area contributed by atoms with E-state index >= 15 is 0 Å². The van der Waals surface area contributed by atoms with Crippen LogP contribution in [0.3, 0.4) is 0 Å². The molecule has 14 heavy (non-hydrogen) atoms. The zero-order valence-electron chi connectivity index (χ0n) is 9.12. The van der Waals surface area contributed by atoms with E-state index in [1.165, 1.54) is 19.3 Å². The molecule has 1 aliphatic carbocycles. The Hall–Kier alpha value is -0.590. The van der Waals surface area contributed by atoms with Gasteiger partial charge in [-0.2, -0.15) is 5.26 Å². The van der Waals surface area contributed by atoms with Crippen LogP contribution in [0.15, 0.2) is 0 Å². The van der Waals surface area contributed by atoms with Crippen molar-refractivity contribution in [3.63, 3.8) is 0 Å². The lowest BCUT2D eigenvalue weighted by atomic mass is 9.96. The van der Waals surface area contributed by atoms with E-state index in [2.05, 4.69) is 25.2 Å². The van der Waals surface area contributed by atoms with Gasteiger partial charge in [0.2, 0.25) is 0 Å². The van der Waals surface area contributed by atoms with Crippen molar-refractivity contribution < 1.29 is 4.74 Å². The number of nitrogens with zero attached hydrogens (tertiary/aromatic N) is 1. The van der Waals surface area contributed by atoms with E-state index in [4.69, 9.17) is 10.00 Å². The third-order valence-electron chi connectivity index (χ3n) is 2.50. The molecule has 3 heteroatoms. The highest BCUT2D eigenvalue weighted by molar-refractivity contribution is 4.90. The van der Waals surface area contributed by atoms with E-state index in [9.17, 15) is 0 Å². The molecule has 1 aliphatic rings. The monoisotopic (exact) mass is 196 g/mol. The number of nitriles is 1. The molecule has 1 saturated carbocycles. The van der Waals surface area contributed by atoms with Gasteiger partial charge in [-0.05, 0) is 39.5 Å². The van der Waals surface area contributed by atoms with Gasteiger partial charge >= 0.3 is 0 Å². The van der Waals surface area contributed by atoms with Gasteiger partial charge in [0.1, 0.15) is 0 Å². The van der Waals surface area contributed by atoms with Crippen molar-refractivity contribution >= 4 is 0 Å². The van der Waals surface area contributed by atoms with Gasteiger partial charge in [-0.25, -0.2) is 0 Å². The molecule has 0 aromatic carbocycles. The third kappa shape index (κ3) is 4.08. The van der Waals surface area contributed by atoms with Gasteiger partial charge in [-0.15, -0.1) is 0 Å². The first-order valence-corrected chi connectivity index (χ1v) is 5.49. The summed E-state index contributed by atoms with van der Waals surface area (Å²) in [5.41, 5.74) is 0. The standard InChI is InChI=1S/C11H20N2O/c1-9(2)13-10(8-12)6-7-14-11-4-3-5-11/h9-11,13H,3-7H2,1-2H3.